The monoisotopic (exact) mass is 263 g/mol. The lowest BCUT2D eigenvalue weighted by Gasteiger charge is -2.35. The molecule has 0 aromatic heterocycles. The Hall–Kier alpha value is -2.04. The van der Waals surface area contributed by atoms with Crippen molar-refractivity contribution in [1.29, 1.82) is 0 Å². The maximum absolute atomic E-state index is 12.4. The second-order valence-electron chi connectivity index (χ2n) is 4.80. The third-order valence-electron chi connectivity index (χ3n) is 3.39. The van der Waals surface area contributed by atoms with Crippen molar-refractivity contribution in [2.75, 3.05) is 6.54 Å². The standard InChI is InChI=1S/C14H17NO4/c16-12-6-3-4-10(8-12)14(19)15-7-2-1-5-11(15)9-13(17)18/h3-4,6,8,11,16H,1-2,5,7,9H2,(H,17,18). The second kappa shape index (κ2) is 5.73. The molecule has 0 saturated carbocycles. The van der Waals surface area contributed by atoms with Crippen LogP contribution < -0.4 is 0 Å². The van der Waals surface area contributed by atoms with Gasteiger partial charge < -0.3 is 15.1 Å². The van der Waals surface area contributed by atoms with Crippen molar-refractivity contribution < 1.29 is 19.8 Å². The van der Waals surface area contributed by atoms with Gasteiger partial charge in [0.1, 0.15) is 5.75 Å². The number of likely N-dealkylation sites (tertiary alicyclic amines) is 1. The number of piperidine rings is 1. The molecule has 5 nitrogen and oxygen atoms in total. The topological polar surface area (TPSA) is 77.8 Å². The van der Waals surface area contributed by atoms with E-state index in [0.717, 1.165) is 19.3 Å². The maximum Gasteiger partial charge on any atom is 0.305 e. The van der Waals surface area contributed by atoms with E-state index in [1.165, 1.54) is 12.1 Å². The number of aliphatic carboxylic acids is 1. The van der Waals surface area contributed by atoms with Gasteiger partial charge in [0, 0.05) is 18.2 Å². The lowest BCUT2D eigenvalue weighted by Crippen LogP contribution is -2.44. The molecule has 1 aromatic rings. The highest BCUT2D eigenvalue weighted by molar-refractivity contribution is 5.95. The molecule has 2 rings (SSSR count). The van der Waals surface area contributed by atoms with Crippen LogP contribution in [-0.4, -0.2) is 39.6 Å². The Morgan fingerprint density at radius 2 is 2.11 bits per heavy atom. The molecule has 5 heteroatoms. The minimum Gasteiger partial charge on any atom is -0.508 e. The number of aromatic hydroxyl groups is 1. The van der Waals surface area contributed by atoms with Crippen LogP contribution in [0.4, 0.5) is 0 Å². The highest BCUT2D eigenvalue weighted by Gasteiger charge is 2.29. The Balaban J connectivity index is 2.17. The largest absolute Gasteiger partial charge is 0.508 e. The number of hydrogen-bond acceptors (Lipinski definition) is 3. The Kier molecular flexibility index (Phi) is 4.04. The zero-order valence-electron chi connectivity index (χ0n) is 10.6. The highest BCUT2D eigenvalue weighted by Crippen LogP contribution is 2.23. The predicted octanol–water partition coefficient (Wildman–Crippen LogP) is 1.86. The van der Waals surface area contributed by atoms with Crippen LogP contribution in [0.2, 0.25) is 0 Å². The van der Waals surface area contributed by atoms with E-state index in [4.69, 9.17) is 5.11 Å². The minimum atomic E-state index is -0.888. The molecular weight excluding hydrogens is 246 g/mol. The van der Waals surface area contributed by atoms with Crippen LogP contribution in [-0.2, 0) is 4.79 Å². The molecular formula is C14H17NO4. The van der Waals surface area contributed by atoms with Crippen molar-refractivity contribution in [2.45, 2.75) is 31.7 Å². The van der Waals surface area contributed by atoms with Crippen LogP contribution in [0.15, 0.2) is 24.3 Å². The summed E-state index contributed by atoms with van der Waals surface area (Å²) < 4.78 is 0. The van der Waals surface area contributed by atoms with E-state index in [1.807, 2.05) is 0 Å². The summed E-state index contributed by atoms with van der Waals surface area (Å²) in [5.41, 5.74) is 0.400. The summed E-state index contributed by atoms with van der Waals surface area (Å²) >= 11 is 0. The summed E-state index contributed by atoms with van der Waals surface area (Å²) in [7, 11) is 0. The zero-order valence-corrected chi connectivity index (χ0v) is 10.6. The van der Waals surface area contributed by atoms with Crippen molar-refractivity contribution >= 4 is 11.9 Å². The maximum atomic E-state index is 12.4. The average molecular weight is 263 g/mol. The number of hydrogen-bond donors (Lipinski definition) is 2. The van der Waals surface area contributed by atoms with Gasteiger partial charge in [-0.1, -0.05) is 6.07 Å². The van der Waals surface area contributed by atoms with Gasteiger partial charge in [0.05, 0.1) is 6.42 Å². The molecule has 1 atom stereocenters. The number of rotatable bonds is 3. The molecule has 2 N–H and O–H groups in total. The molecule has 0 radical (unpaired) electrons. The third-order valence-corrected chi connectivity index (χ3v) is 3.39. The van der Waals surface area contributed by atoms with Crippen LogP contribution in [0.3, 0.4) is 0 Å². The third kappa shape index (κ3) is 3.24. The van der Waals surface area contributed by atoms with Gasteiger partial charge in [-0.25, -0.2) is 0 Å². The number of carbonyl (C=O) groups excluding carboxylic acids is 1. The van der Waals surface area contributed by atoms with Crippen molar-refractivity contribution in [1.82, 2.24) is 4.90 Å². The number of nitrogens with zero attached hydrogens (tertiary/aromatic N) is 1. The first-order valence-electron chi connectivity index (χ1n) is 6.39. The summed E-state index contributed by atoms with van der Waals surface area (Å²) in [5.74, 6) is -1.06. The van der Waals surface area contributed by atoms with Gasteiger partial charge in [0.2, 0.25) is 0 Å². The Morgan fingerprint density at radius 3 is 2.79 bits per heavy atom. The van der Waals surface area contributed by atoms with Crippen molar-refractivity contribution in [3.8, 4) is 5.75 Å². The van der Waals surface area contributed by atoms with E-state index in [0.29, 0.717) is 12.1 Å². The molecule has 1 aromatic carbocycles. The van der Waals surface area contributed by atoms with Crippen LogP contribution in [0.5, 0.6) is 5.75 Å². The fourth-order valence-electron chi connectivity index (χ4n) is 2.49. The van der Waals surface area contributed by atoms with E-state index in [1.54, 1.807) is 17.0 Å². The molecule has 1 unspecified atom stereocenters. The molecule has 0 spiro atoms. The fraction of sp³-hybridized carbons (Fsp3) is 0.429. The van der Waals surface area contributed by atoms with Crippen LogP contribution in [0.25, 0.3) is 0 Å². The van der Waals surface area contributed by atoms with Gasteiger partial charge >= 0.3 is 5.97 Å². The van der Waals surface area contributed by atoms with Crippen LogP contribution >= 0.6 is 0 Å². The lowest BCUT2D eigenvalue weighted by atomic mass is 9.98. The molecule has 1 saturated heterocycles. The fourth-order valence-corrected chi connectivity index (χ4v) is 2.49. The molecule has 1 heterocycles. The quantitative estimate of drug-likeness (QED) is 0.872. The van der Waals surface area contributed by atoms with E-state index >= 15 is 0 Å². The van der Waals surface area contributed by atoms with Gasteiger partial charge in [0.25, 0.3) is 5.91 Å². The number of phenols is 1. The number of carboxylic acid groups (broad SMARTS) is 1. The summed E-state index contributed by atoms with van der Waals surface area (Å²) in [6.07, 6.45) is 2.53. The molecule has 1 amide bonds. The smallest absolute Gasteiger partial charge is 0.305 e. The summed E-state index contributed by atoms with van der Waals surface area (Å²) in [6.45, 7) is 0.576. The summed E-state index contributed by atoms with van der Waals surface area (Å²) in [6, 6.07) is 5.91. The van der Waals surface area contributed by atoms with Gasteiger partial charge in [-0.05, 0) is 37.5 Å². The van der Waals surface area contributed by atoms with Gasteiger partial charge in [-0.2, -0.15) is 0 Å². The first-order valence-corrected chi connectivity index (χ1v) is 6.39. The van der Waals surface area contributed by atoms with Crippen LogP contribution in [0.1, 0.15) is 36.0 Å². The second-order valence-corrected chi connectivity index (χ2v) is 4.80. The normalized spacial score (nSPS) is 19.2. The molecule has 102 valence electrons. The SMILES string of the molecule is O=C(O)CC1CCCCN1C(=O)c1cccc(O)c1. The van der Waals surface area contributed by atoms with Gasteiger partial charge in [-0.3, -0.25) is 9.59 Å². The molecule has 1 aliphatic heterocycles. The minimum absolute atomic E-state index is 0.0233. The lowest BCUT2D eigenvalue weighted by molar-refractivity contribution is -0.138. The Bertz CT molecular complexity index is 486. The number of carbonyl (C=O) groups is 2. The number of benzene rings is 1. The Labute approximate surface area is 111 Å². The number of phenolic OH excluding ortho intramolecular Hbond substituents is 1. The summed E-state index contributed by atoms with van der Waals surface area (Å²) in [5, 5.41) is 18.3. The van der Waals surface area contributed by atoms with Crippen molar-refractivity contribution in [2.24, 2.45) is 0 Å². The van der Waals surface area contributed by atoms with E-state index < -0.39 is 5.97 Å². The van der Waals surface area contributed by atoms with E-state index in [-0.39, 0.29) is 24.1 Å². The van der Waals surface area contributed by atoms with Crippen molar-refractivity contribution in [3.05, 3.63) is 29.8 Å². The average Bonchev–Trinajstić information content (AvgIpc) is 2.38. The molecule has 0 bridgehead atoms. The number of amides is 1. The zero-order chi connectivity index (χ0) is 13.8. The van der Waals surface area contributed by atoms with Gasteiger partial charge in [0.15, 0.2) is 0 Å². The van der Waals surface area contributed by atoms with Gasteiger partial charge in [-0.15, -0.1) is 0 Å². The summed E-state index contributed by atoms with van der Waals surface area (Å²) in [4.78, 5) is 24.8. The molecule has 0 aliphatic carbocycles. The predicted molar refractivity (Wildman–Crippen MR) is 69.0 cm³/mol. The highest BCUT2D eigenvalue weighted by atomic mass is 16.4. The van der Waals surface area contributed by atoms with E-state index in [9.17, 15) is 14.7 Å². The molecule has 1 fully saturated rings. The Morgan fingerprint density at radius 1 is 1.32 bits per heavy atom. The van der Waals surface area contributed by atoms with E-state index in [2.05, 4.69) is 0 Å². The molecule has 19 heavy (non-hydrogen) atoms. The first kappa shape index (κ1) is 13.4. The first-order chi connectivity index (χ1) is 9.08. The molecule has 1 aliphatic rings. The number of carboxylic acids is 1. The van der Waals surface area contributed by atoms with Crippen LogP contribution in [0, 0.1) is 0 Å². The van der Waals surface area contributed by atoms with Crippen molar-refractivity contribution in [3.63, 3.8) is 0 Å².